The summed E-state index contributed by atoms with van der Waals surface area (Å²) in [5.74, 6) is 0.427. The van der Waals surface area contributed by atoms with Gasteiger partial charge in [-0.25, -0.2) is 0 Å². The van der Waals surface area contributed by atoms with Crippen molar-refractivity contribution in [2.75, 3.05) is 49.5 Å². The summed E-state index contributed by atoms with van der Waals surface area (Å²) in [5.41, 5.74) is 1.76. The van der Waals surface area contributed by atoms with E-state index < -0.39 is 0 Å². The number of benzene rings is 1. The quantitative estimate of drug-likeness (QED) is 0.467. The van der Waals surface area contributed by atoms with Crippen LogP contribution in [-0.4, -0.2) is 72.9 Å². The molecule has 3 aliphatic rings. The monoisotopic (exact) mass is 468 g/mol. The predicted octanol–water partition coefficient (Wildman–Crippen LogP) is 2.90. The maximum absolute atomic E-state index is 12.6. The number of likely N-dealkylation sites (tertiary alicyclic amines) is 1. The Labute approximate surface area is 201 Å². The summed E-state index contributed by atoms with van der Waals surface area (Å²) in [4.78, 5) is 42.9. The van der Waals surface area contributed by atoms with Crippen LogP contribution in [0.1, 0.15) is 40.0 Å². The van der Waals surface area contributed by atoms with Crippen molar-refractivity contribution in [3.05, 3.63) is 30.4 Å². The number of rotatable bonds is 8. The summed E-state index contributed by atoms with van der Waals surface area (Å²) in [6, 6.07) is 5.81. The molecule has 0 aromatic heterocycles. The minimum Gasteiger partial charge on any atom is -0.489 e. The van der Waals surface area contributed by atoms with E-state index in [1.807, 2.05) is 44.2 Å². The van der Waals surface area contributed by atoms with Gasteiger partial charge in [0.2, 0.25) is 17.7 Å². The summed E-state index contributed by atoms with van der Waals surface area (Å²) >= 11 is 0. The van der Waals surface area contributed by atoms with Gasteiger partial charge in [0.25, 0.3) is 0 Å². The van der Waals surface area contributed by atoms with Crippen LogP contribution in [0.3, 0.4) is 0 Å². The number of anilines is 2. The lowest BCUT2D eigenvalue weighted by Crippen LogP contribution is -2.47. The lowest BCUT2D eigenvalue weighted by molar-refractivity contribution is -0.140. The van der Waals surface area contributed by atoms with Crippen molar-refractivity contribution >= 4 is 29.1 Å². The van der Waals surface area contributed by atoms with Gasteiger partial charge in [-0.3, -0.25) is 24.2 Å². The minimum absolute atomic E-state index is 0.0181. The molecule has 0 spiro atoms. The van der Waals surface area contributed by atoms with Crippen molar-refractivity contribution in [2.45, 2.75) is 46.1 Å². The number of nitrogens with one attached hydrogen (secondary N) is 1. The molecule has 0 bridgehead atoms. The molecule has 2 fully saturated rings. The number of nitrogens with zero attached hydrogens (tertiary/aromatic N) is 3. The molecule has 0 radical (unpaired) electrons. The van der Waals surface area contributed by atoms with Crippen LogP contribution in [0.25, 0.3) is 0 Å². The Balaban J connectivity index is 1.28. The molecule has 184 valence electrons. The van der Waals surface area contributed by atoms with Crippen LogP contribution in [-0.2, 0) is 14.4 Å². The smallest absolute Gasteiger partial charge is 0.233 e. The van der Waals surface area contributed by atoms with E-state index in [9.17, 15) is 14.4 Å². The van der Waals surface area contributed by atoms with Crippen LogP contribution in [0.15, 0.2) is 30.4 Å². The van der Waals surface area contributed by atoms with Gasteiger partial charge in [0.05, 0.1) is 23.6 Å². The van der Waals surface area contributed by atoms with Gasteiger partial charge in [0, 0.05) is 51.4 Å². The molecule has 2 saturated heterocycles. The van der Waals surface area contributed by atoms with Crippen LogP contribution in [0, 0.1) is 11.8 Å². The van der Waals surface area contributed by atoms with Gasteiger partial charge in [-0.1, -0.05) is 12.2 Å². The fourth-order valence-corrected chi connectivity index (χ4v) is 5.16. The molecule has 8 nitrogen and oxygen atoms in total. The number of allylic oxidation sites excluding steroid dienone is 2. The van der Waals surface area contributed by atoms with Crippen LogP contribution in [0.2, 0.25) is 0 Å². The number of amides is 3. The van der Waals surface area contributed by atoms with Crippen LogP contribution in [0.4, 0.5) is 11.4 Å². The lowest BCUT2D eigenvalue weighted by atomic mass is 9.85. The third kappa shape index (κ3) is 5.43. The normalized spacial score (nSPS) is 22.9. The molecule has 2 atom stereocenters. The van der Waals surface area contributed by atoms with Crippen molar-refractivity contribution in [1.82, 2.24) is 9.80 Å². The zero-order valence-electron chi connectivity index (χ0n) is 20.5. The Morgan fingerprint density at radius 3 is 2.26 bits per heavy atom. The highest BCUT2D eigenvalue weighted by Crippen LogP contribution is 2.35. The zero-order chi connectivity index (χ0) is 24.2. The van der Waals surface area contributed by atoms with E-state index in [0.29, 0.717) is 19.4 Å². The molecule has 2 unspecified atom stereocenters. The second-order valence-corrected chi connectivity index (χ2v) is 9.70. The van der Waals surface area contributed by atoms with E-state index in [2.05, 4.69) is 15.1 Å². The van der Waals surface area contributed by atoms with E-state index in [4.69, 9.17) is 4.74 Å². The summed E-state index contributed by atoms with van der Waals surface area (Å²) in [7, 11) is 0. The van der Waals surface area contributed by atoms with E-state index in [0.717, 1.165) is 56.3 Å². The molecule has 0 saturated carbocycles. The molecule has 34 heavy (non-hydrogen) atoms. The summed E-state index contributed by atoms with van der Waals surface area (Å²) in [6.45, 7) is 10.4. The topological polar surface area (TPSA) is 82.2 Å². The van der Waals surface area contributed by atoms with Crippen LogP contribution >= 0.6 is 0 Å². The van der Waals surface area contributed by atoms with Gasteiger partial charge in [-0.15, -0.1) is 0 Å². The molecule has 1 aromatic carbocycles. The maximum atomic E-state index is 12.6. The van der Waals surface area contributed by atoms with E-state index in [1.54, 1.807) is 0 Å². The van der Waals surface area contributed by atoms with E-state index in [1.165, 1.54) is 11.8 Å². The Morgan fingerprint density at radius 1 is 1.03 bits per heavy atom. The van der Waals surface area contributed by atoms with Crippen molar-refractivity contribution < 1.29 is 19.1 Å². The number of imide groups is 1. The molecule has 4 rings (SSSR count). The minimum atomic E-state index is -0.139. The molecule has 2 aliphatic heterocycles. The lowest BCUT2D eigenvalue weighted by Gasteiger charge is -2.37. The fourth-order valence-electron chi connectivity index (χ4n) is 5.16. The highest BCUT2D eigenvalue weighted by atomic mass is 16.5. The number of hydrogen-bond donors (Lipinski definition) is 1. The van der Waals surface area contributed by atoms with Crippen molar-refractivity contribution in [1.29, 1.82) is 0 Å². The number of hydrogen-bond acceptors (Lipinski definition) is 6. The summed E-state index contributed by atoms with van der Waals surface area (Å²) < 4.78 is 6.05. The van der Waals surface area contributed by atoms with Gasteiger partial charge < -0.3 is 15.0 Å². The third-order valence-corrected chi connectivity index (χ3v) is 6.81. The van der Waals surface area contributed by atoms with Crippen LogP contribution in [0.5, 0.6) is 5.75 Å². The number of piperazine rings is 1. The Morgan fingerprint density at radius 2 is 1.68 bits per heavy atom. The van der Waals surface area contributed by atoms with Crippen molar-refractivity contribution in [3.8, 4) is 5.75 Å². The van der Waals surface area contributed by atoms with Crippen molar-refractivity contribution in [3.63, 3.8) is 0 Å². The van der Waals surface area contributed by atoms with Gasteiger partial charge in [0.1, 0.15) is 5.75 Å². The standard InChI is InChI=1S/C26H36N4O4/c1-18(2)34-24-17-20(27-19(3)31)9-10-23(24)29-15-13-28(14-16-29)11-6-12-30-25(32)21-7-4-5-8-22(21)26(30)33/h4-5,9-10,17-18,21-22H,6-8,11-16H2,1-3H3,(H,27,31). The molecule has 2 heterocycles. The number of ether oxygens (including phenoxy) is 1. The number of carbonyl (C=O) groups excluding carboxylic acids is 3. The molecule has 3 amide bonds. The molecule has 1 N–H and O–H groups in total. The van der Waals surface area contributed by atoms with Gasteiger partial charge >= 0.3 is 0 Å². The first-order valence-electron chi connectivity index (χ1n) is 12.4. The molecule has 1 aliphatic carbocycles. The summed E-state index contributed by atoms with van der Waals surface area (Å²) in [6.07, 6.45) is 6.28. The molecular formula is C26H36N4O4. The largest absolute Gasteiger partial charge is 0.489 e. The highest BCUT2D eigenvalue weighted by molar-refractivity contribution is 6.05. The van der Waals surface area contributed by atoms with Gasteiger partial charge in [0.15, 0.2) is 0 Å². The maximum Gasteiger partial charge on any atom is 0.233 e. The Hall–Kier alpha value is -2.87. The first-order chi connectivity index (χ1) is 16.3. The van der Waals surface area contributed by atoms with E-state index in [-0.39, 0.29) is 35.7 Å². The second kappa shape index (κ2) is 10.6. The Bertz CT molecular complexity index is 926. The average Bonchev–Trinajstić information content (AvgIpc) is 3.04. The predicted molar refractivity (Wildman–Crippen MR) is 132 cm³/mol. The summed E-state index contributed by atoms with van der Waals surface area (Å²) in [5, 5.41) is 2.82. The first kappa shape index (κ1) is 24.3. The molecule has 1 aromatic rings. The fraction of sp³-hybridized carbons (Fsp3) is 0.577. The third-order valence-electron chi connectivity index (χ3n) is 6.81. The SMILES string of the molecule is CC(=O)Nc1ccc(N2CCN(CCCN3C(=O)C4CC=CCC4C3=O)CC2)c(OC(C)C)c1. The highest BCUT2D eigenvalue weighted by Gasteiger charge is 2.46. The molecular weight excluding hydrogens is 432 g/mol. The second-order valence-electron chi connectivity index (χ2n) is 9.70. The van der Waals surface area contributed by atoms with E-state index >= 15 is 0 Å². The first-order valence-corrected chi connectivity index (χ1v) is 12.4. The van der Waals surface area contributed by atoms with Crippen LogP contribution < -0.4 is 15.0 Å². The number of carbonyl (C=O) groups is 3. The molecule has 8 heteroatoms. The average molecular weight is 469 g/mol. The van der Waals surface area contributed by atoms with Crippen molar-refractivity contribution in [2.24, 2.45) is 11.8 Å². The van der Waals surface area contributed by atoms with Gasteiger partial charge in [-0.2, -0.15) is 0 Å². The van der Waals surface area contributed by atoms with Gasteiger partial charge in [-0.05, 0) is 51.8 Å². The zero-order valence-corrected chi connectivity index (χ0v) is 20.5. The number of fused-ring (bicyclic) bond motifs is 1. The Kier molecular flexibility index (Phi) is 7.56.